The molecule has 3 rings (SSSR count). The molecule has 4 nitrogen and oxygen atoms in total. The van der Waals surface area contributed by atoms with Gasteiger partial charge in [0.1, 0.15) is 0 Å². The van der Waals surface area contributed by atoms with Gasteiger partial charge in [0.2, 0.25) is 0 Å². The fraction of sp³-hybridized carbons (Fsp3) is 0.0556. The first-order chi connectivity index (χ1) is 10.7. The van der Waals surface area contributed by atoms with Crippen molar-refractivity contribution in [2.24, 2.45) is 0 Å². The van der Waals surface area contributed by atoms with E-state index in [1.807, 2.05) is 67.6 Å². The Morgan fingerprint density at radius 3 is 2.32 bits per heavy atom. The molecule has 0 atom stereocenters. The summed E-state index contributed by atoms with van der Waals surface area (Å²) in [5.74, 6) is 0.470. The second kappa shape index (κ2) is 6.18. The molecule has 0 spiro atoms. The zero-order chi connectivity index (χ0) is 15.4. The summed E-state index contributed by atoms with van der Waals surface area (Å²) >= 11 is 0. The first-order valence-corrected chi connectivity index (χ1v) is 6.99. The fourth-order valence-corrected chi connectivity index (χ4v) is 2.03. The standard InChI is InChI=1S/C18H15N3O/c1-13-7-9-14(10-8-13)11-12-16-18(22)19-17(21-20-16)15-5-3-2-4-6-15/h2-12H,1H3,(H,19,21,22). The van der Waals surface area contributed by atoms with Crippen LogP contribution in [0.1, 0.15) is 16.8 Å². The largest absolute Gasteiger partial charge is 0.303 e. The number of aromatic nitrogens is 3. The van der Waals surface area contributed by atoms with Gasteiger partial charge in [0.15, 0.2) is 11.5 Å². The third-order valence-corrected chi connectivity index (χ3v) is 3.28. The van der Waals surface area contributed by atoms with Crippen molar-refractivity contribution in [3.05, 3.63) is 81.8 Å². The Morgan fingerprint density at radius 1 is 0.909 bits per heavy atom. The summed E-state index contributed by atoms with van der Waals surface area (Å²) in [6.07, 6.45) is 3.52. The molecule has 1 aromatic heterocycles. The Bertz CT molecular complexity index is 850. The van der Waals surface area contributed by atoms with E-state index in [1.165, 1.54) is 5.56 Å². The average Bonchev–Trinajstić information content (AvgIpc) is 2.56. The molecule has 22 heavy (non-hydrogen) atoms. The van der Waals surface area contributed by atoms with Gasteiger partial charge in [0.25, 0.3) is 5.56 Å². The Morgan fingerprint density at radius 2 is 1.64 bits per heavy atom. The lowest BCUT2D eigenvalue weighted by Gasteiger charge is -1.99. The molecule has 0 unspecified atom stereocenters. The lowest BCUT2D eigenvalue weighted by atomic mass is 10.1. The minimum absolute atomic E-state index is 0.253. The monoisotopic (exact) mass is 289 g/mol. The summed E-state index contributed by atoms with van der Waals surface area (Å²) in [4.78, 5) is 14.8. The van der Waals surface area contributed by atoms with Crippen molar-refractivity contribution in [2.45, 2.75) is 6.92 Å². The van der Waals surface area contributed by atoms with Crippen molar-refractivity contribution < 1.29 is 0 Å². The van der Waals surface area contributed by atoms with Gasteiger partial charge >= 0.3 is 0 Å². The molecule has 3 aromatic rings. The van der Waals surface area contributed by atoms with E-state index in [1.54, 1.807) is 6.08 Å². The molecule has 4 heteroatoms. The van der Waals surface area contributed by atoms with Crippen molar-refractivity contribution in [2.75, 3.05) is 0 Å². The molecule has 0 amide bonds. The highest BCUT2D eigenvalue weighted by molar-refractivity contribution is 5.67. The third kappa shape index (κ3) is 3.17. The number of aryl methyl sites for hydroxylation is 1. The molecule has 0 bridgehead atoms. The first-order valence-electron chi connectivity index (χ1n) is 6.99. The molecule has 2 aromatic carbocycles. The van der Waals surface area contributed by atoms with Crippen molar-refractivity contribution in [3.63, 3.8) is 0 Å². The number of aromatic amines is 1. The van der Waals surface area contributed by atoms with Crippen molar-refractivity contribution in [3.8, 4) is 11.4 Å². The molecule has 1 N–H and O–H groups in total. The summed E-state index contributed by atoms with van der Waals surface area (Å²) in [6.45, 7) is 2.03. The molecule has 0 aliphatic heterocycles. The number of H-pyrrole nitrogens is 1. The van der Waals surface area contributed by atoms with Gasteiger partial charge in [0, 0.05) is 5.56 Å². The van der Waals surface area contributed by atoms with Crippen molar-refractivity contribution in [1.82, 2.24) is 15.2 Å². The normalized spacial score (nSPS) is 11.0. The van der Waals surface area contributed by atoms with Crippen LogP contribution in [0.3, 0.4) is 0 Å². The van der Waals surface area contributed by atoms with Crippen LogP contribution in [0.5, 0.6) is 0 Å². The SMILES string of the molecule is Cc1ccc(C=Cc2nnc(-c3ccccc3)[nH]c2=O)cc1. The zero-order valence-electron chi connectivity index (χ0n) is 12.2. The van der Waals surface area contributed by atoms with Gasteiger partial charge in [0.05, 0.1) is 0 Å². The average molecular weight is 289 g/mol. The van der Waals surface area contributed by atoms with E-state index in [9.17, 15) is 4.79 Å². The second-order valence-corrected chi connectivity index (χ2v) is 5.00. The highest BCUT2D eigenvalue weighted by Crippen LogP contribution is 2.11. The number of rotatable bonds is 3. The van der Waals surface area contributed by atoms with Crippen LogP contribution >= 0.6 is 0 Å². The number of hydrogen-bond donors (Lipinski definition) is 1. The zero-order valence-corrected chi connectivity index (χ0v) is 12.2. The van der Waals surface area contributed by atoms with Crippen LogP contribution in [0, 0.1) is 6.92 Å². The van der Waals surface area contributed by atoms with Gasteiger partial charge in [-0.15, -0.1) is 10.2 Å². The summed E-state index contributed by atoms with van der Waals surface area (Å²) in [6, 6.07) is 17.5. The molecule has 1 heterocycles. The van der Waals surface area contributed by atoms with Gasteiger partial charge < -0.3 is 4.98 Å². The van der Waals surface area contributed by atoms with Crippen LogP contribution in [-0.2, 0) is 0 Å². The molecular formula is C18H15N3O. The van der Waals surface area contributed by atoms with E-state index in [4.69, 9.17) is 0 Å². The van der Waals surface area contributed by atoms with Crippen molar-refractivity contribution >= 4 is 12.2 Å². The lowest BCUT2D eigenvalue weighted by molar-refractivity contribution is 0.942. The molecule has 0 fully saturated rings. The smallest absolute Gasteiger partial charge is 0.277 e. The maximum Gasteiger partial charge on any atom is 0.277 e. The Balaban J connectivity index is 1.87. The molecular weight excluding hydrogens is 274 g/mol. The summed E-state index contributed by atoms with van der Waals surface area (Å²) in [5.41, 5.74) is 3.08. The number of nitrogens with one attached hydrogen (secondary N) is 1. The Labute approximate surface area is 128 Å². The topological polar surface area (TPSA) is 58.6 Å². The van der Waals surface area contributed by atoms with Crippen LogP contribution in [0.25, 0.3) is 23.5 Å². The summed E-state index contributed by atoms with van der Waals surface area (Å²) < 4.78 is 0. The summed E-state index contributed by atoms with van der Waals surface area (Å²) in [7, 11) is 0. The molecule has 0 aliphatic carbocycles. The maximum absolute atomic E-state index is 12.1. The van der Waals surface area contributed by atoms with Crippen molar-refractivity contribution in [1.29, 1.82) is 0 Å². The number of nitrogens with zero attached hydrogens (tertiary/aromatic N) is 2. The van der Waals surface area contributed by atoms with Crippen LogP contribution in [0.15, 0.2) is 59.4 Å². The number of benzene rings is 2. The predicted octanol–water partition coefficient (Wildman–Crippen LogP) is 3.31. The molecule has 0 aliphatic rings. The highest BCUT2D eigenvalue weighted by Gasteiger charge is 2.03. The summed E-state index contributed by atoms with van der Waals surface area (Å²) in [5, 5.41) is 8.09. The Hall–Kier alpha value is -3.01. The van der Waals surface area contributed by atoms with Gasteiger partial charge in [-0.05, 0) is 18.6 Å². The van der Waals surface area contributed by atoms with E-state index < -0.39 is 0 Å². The Kier molecular flexibility index (Phi) is 3.92. The maximum atomic E-state index is 12.1. The van der Waals surface area contributed by atoms with Gasteiger partial charge in [-0.3, -0.25) is 4.79 Å². The fourth-order valence-electron chi connectivity index (χ4n) is 2.03. The predicted molar refractivity (Wildman–Crippen MR) is 88.2 cm³/mol. The van der Waals surface area contributed by atoms with E-state index >= 15 is 0 Å². The van der Waals surface area contributed by atoms with E-state index in [-0.39, 0.29) is 5.56 Å². The van der Waals surface area contributed by atoms with Gasteiger partial charge in [-0.1, -0.05) is 66.2 Å². The minimum Gasteiger partial charge on any atom is -0.303 e. The van der Waals surface area contributed by atoms with E-state index in [2.05, 4.69) is 15.2 Å². The van der Waals surface area contributed by atoms with E-state index in [0.29, 0.717) is 11.5 Å². The molecule has 0 saturated carbocycles. The van der Waals surface area contributed by atoms with Gasteiger partial charge in [-0.25, -0.2) is 0 Å². The second-order valence-electron chi connectivity index (χ2n) is 5.00. The highest BCUT2D eigenvalue weighted by atomic mass is 16.1. The number of hydrogen-bond acceptors (Lipinski definition) is 3. The first kappa shape index (κ1) is 13.9. The molecule has 0 saturated heterocycles. The van der Waals surface area contributed by atoms with Crippen LogP contribution in [0.2, 0.25) is 0 Å². The van der Waals surface area contributed by atoms with Crippen LogP contribution in [0.4, 0.5) is 0 Å². The molecule has 108 valence electrons. The van der Waals surface area contributed by atoms with Crippen LogP contribution in [-0.4, -0.2) is 15.2 Å². The van der Waals surface area contributed by atoms with E-state index in [0.717, 1.165) is 11.1 Å². The lowest BCUT2D eigenvalue weighted by Crippen LogP contribution is -2.14. The third-order valence-electron chi connectivity index (χ3n) is 3.28. The quantitative estimate of drug-likeness (QED) is 0.804. The minimum atomic E-state index is -0.253. The molecule has 0 radical (unpaired) electrons. The van der Waals surface area contributed by atoms with Crippen LogP contribution < -0.4 is 5.56 Å². The van der Waals surface area contributed by atoms with Gasteiger partial charge in [-0.2, -0.15) is 0 Å².